The van der Waals surface area contributed by atoms with Gasteiger partial charge in [-0.15, -0.1) is 0 Å². The third kappa shape index (κ3) is 3.67. The van der Waals surface area contributed by atoms with Gasteiger partial charge in [0.25, 0.3) is 0 Å². The summed E-state index contributed by atoms with van der Waals surface area (Å²) in [5.74, 6) is 2.01. The van der Waals surface area contributed by atoms with Crippen molar-refractivity contribution in [3.63, 3.8) is 0 Å². The first-order valence-electron chi connectivity index (χ1n) is 8.23. The van der Waals surface area contributed by atoms with Gasteiger partial charge in [0.2, 0.25) is 5.91 Å². The van der Waals surface area contributed by atoms with Crippen LogP contribution in [0.15, 0.2) is 6.20 Å². The highest BCUT2D eigenvalue weighted by Gasteiger charge is 2.31. The monoisotopic (exact) mass is 306 g/mol. The minimum atomic E-state index is 0.00925. The van der Waals surface area contributed by atoms with Crippen LogP contribution in [0, 0.1) is 5.92 Å². The maximum atomic E-state index is 11.9. The number of nitrogens with one attached hydrogen (secondary N) is 1. The number of aromatic nitrogens is 2. The molecule has 0 unspecified atom stereocenters. The standard InChI is InChI=1S/C16H26N4O2/c1-12-16-18-14(9-15(21)17-5-8-22-2)11-20(16)7-6-19(12)10-13-3-4-13/h11-13H,3-10H2,1-2H3,(H,17,21)/t12-/m1/s1. The highest BCUT2D eigenvalue weighted by molar-refractivity contribution is 5.78. The minimum Gasteiger partial charge on any atom is -0.383 e. The largest absolute Gasteiger partial charge is 0.383 e. The number of hydrogen-bond donors (Lipinski definition) is 1. The van der Waals surface area contributed by atoms with Crippen LogP contribution in [-0.4, -0.2) is 53.7 Å². The van der Waals surface area contributed by atoms with E-state index in [2.05, 4.69) is 21.7 Å². The van der Waals surface area contributed by atoms with Crippen molar-refractivity contribution in [3.05, 3.63) is 17.7 Å². The summed E-state index contributed by atoms with van der Waals surface area (Å²) in [4.78, 5) is 19.1. The molecule has 1 amide bonds. The first-order valence-corrected chi connectivity index (χ1v) is 8.23. The van der Waals surface area contributed by atoms with Gasteiger partial charge in [-0.05, 0) is 25.7 Å². The fourth-order valence-corrected chi connectivity index (χ4v) is 3.08. The smallest absolute Gasteiger partial charge is 0.226 e. The summed E-state index contributed by atoms with van der Waals surface area (Å²) in [7, 11) is 1.63. The van der Waals surface area contributed by atoms with Crippen molar-refractivity contribution in [3.8, 4) is 0 Å². The van der Waals surface area contributed by atoms with Crippen LogP contribution in [0.5, 0.6) is 0 Å². The molecule has 6 heteroatoms. The van der Waals surface area contributed by atoms with Gasteiger partial charge >= 0.3 is 0 Å². The topological polar surface area (TPSA) is 59.4 Å². The summed E-state index contributed by atoms with van der Waals surface area (Å²) in [6.45, 7) is 6.57. The fourth-order valence-electron chi connectivity index (χ4n) is 3.08. The summed E-state index contributed by atoms with van der Waals surface area (Å²) in [5, 5.41) is 2.84. The molecule has 1 saturated carbocycles. The number of fused-ring (bicyclic) bond motifs is 1. The summed E-state index contributed by atoms with van der Waals surface area (Å²) >= 11 is 0. The molecule has 1 aliphatic heterocycles. The van der Waals surface area contributed by atoms with E-state index >= 15 is 0 Å². The van der Waals surface area contributed by atoms with E-state index in [0.29, 0.717) is 25.6 Å². The van der Waals surface area contributed by atoms with E-state index in [1.165, 1.54) is 19.4 Å². The summed E-state index contributed by atoms with van der Waals surface area (Å²) in [6.07, 6.45) is 5.14. The predicted molar refractivity (Wildman–Crippen MR) is 83.5 cm³/mol. The molecule has 22 heavy (non-hydrogen) atoms. The number of imidazole rings is 1. The predicted octanol–water partition coefficient (Wildman–Crippen LogP) is 0.975. The molecule has 6 nitrogen and oxygen atoms in total. The van der Waals surface area contributed by atoms with Gasteiger partial charge < -0.3 is 14.6 Å². The number of nitrogens with zero attached hydrogens (tertiary/aromatic N) is 3. The zero-order valence-corrected chi connectivity index (χ0v) is 13.5. The number of ether oxygens (including phenoxy) is 1. The molecular weight excluding hydrogens is 280 g/mol. The molecule has 2 heterocycles. The second-order valence-electron chi connectivity index (χ2n) is 6.42. The van der Waals surface area contributed by atoms with Gasteiger partial charge in [-0.3, -0.25) is 9.69 Å². The number of amides is 1. The molecule has 0 aromatic carbocycles. The Morgan fingerprint density at radius 2 is 2.27 bits per heavy atom. The Labute approximate surface area is 131 Å². The van der Waals surface area contributed by atoms with E-state index in [1.807, 2.05) is 6.20 Å². The molecule has 1 aromatic heterocycles. The average Bonchev–Trinajstić information content (AvgIpc) is 3.21. The number of rotatable bonds is 7. The molecule has 3 rings (SSSR count). The van der Waals surface area contributed by atoms with Gasteiger partial charge in [0.1, 0.15) is 5.82 Å². The molecule has 1 aromatic rings. The highest BCUT2D eigenvalue weighted by Crippen LogP contribution is 2.33. The van der Waals surface area contributed by atoms with Crippen LogP contribution < -0.4 is 5.32 Å². The van der Waals surface area contributed by atoms with Crippen LogP contribution in [0.25, 0.3) is 0 Å². The molecule has 2 aliphatic rings. The first kappa shape index (κ1) is 15.5. The third-order valence-corrected chi connectivity index (χ3v) is 4.57. The zero-order chi connectivity index (χ0) is 15.5. The number of methoxy groups -OCH3 is 1. The van der Waals surface area contributed by atoms with Crippen LogP contribution in [-0.2, 0) is 22.5 Å². The molecule has 1 N–H and O–H groups in total. The van der Waals surface area contributed by atoms with Crippen molar-refractivity contribution in [2.45, 2.75) is 38.8 Å². The molecule has 0 saturated heterocycles. The zero-order valence-electron chi connectivity index (χ0n) is 13.5. The van der Waals surface area contributed by atoms with Gasteiger partial charge in [0.15, 0.2) is 0 Å². The van der Waals surface area contributed by atoms with Gasteiger partial charge in [-0.2, -0.15) is 0 Å². The molecule has 0 spiro atoms. The van der Waals surface area contributed by atoms with Crippen molar-refractivity contribution < 1.29 is 9.53 Å². The average molecular weight is 306 g/mol. The Balaban J connectivity index is 1.58. The van der Waals surface area contributed by atoms with Crippen LogP contribution in [0.3, 0.4) is 0 Å². The number of hydrogen-bond acceptors (Lipinski definition) is 4. The molecule has 0 bridgehead atoms. The summed E-state index contributed by atoms with van der Waals surface area (Å²) in [6, 6.07) is 0.347. The van der Waals surface area contributed by atoms with Crippen LogP contribution in [0.4, 0.5) is 0 Å². The molecular formula is C16H26N4O2. The Hall–Kier alpha value is -1.40. The van der Waals surface area contributed by atoms with Crippen molar-refractivity contribution in [1.82, 2.24) is 19.8 Å². The van der Waals surface area contributed by atoms with Crippen LogP contribution >= 0.6 is 0 Å². The molecule has 1 fully saturated rings. The van der Waals surface area contributed by atoms with Crippen molar-refractivity contribution in [2.24, 2.45) is 5.92 Å². The second-order valence-corrected chi connectivity index (χ2v) is 6.42. The minimum absolute atomic E-state index is 0.00925. The van der Waals surface area contributed by atoms with Crippen LogP contribution in [0.2, 0.25) is 0 Å². The lowest BCUT2D eigenvalue weighted by molar-refractivity contribution is -0.120. The number of carbonyl (C=O) groups is 1. The third-order valence-electron chi connectivity index (χ3n) is 4.57. The Bertz CT molecular complexity index is 524. The van der Waals surface area contributed by atoms with E-state index in [9.17, 15) is 4.79 Å². The molecule has 0 radical (unpaired) electrons. The Morgan fingerprint density at radius 3 is 3.00 bits per heavy atom. The fraction of sp³-hybridized carbons (Fsp3) is 0.750. The quantitative estimate of drug-likeness (QED) is 0.763. The maximum Gasteiger partial charge on any atom is 0.226 e. The second kappa shape index (κ2) is 6.79. The van der Waals surface area contributed by atoms with E-state index in [0.717, 1.165) is 30.5 Å². The van der Waals surface area contributed by atoms with Gasteiger partial charge in [0.05, 0.1) is 24.8 Å². The van der Waals surface area contributed by atoms with Gasteiger partial charge in [-0.1, -0.05) is 0 Å². The summed E-state index contributed by atoms with van der Waals surface area (Å²) in [5.41, 5.74) is 0.866. The van der Waals surface area contributed by atoms with Gasteiger partial charge in [0, 0.05) is 39.5 Å². The molecule has 122 valence electrons. The van der Waals surface area contributed by atoms with E-state index in [1.54, 1.807) is 7.11 Å². The van der Waals surface area contributed by atoms with E-state index < -0.39 is 0 Å². The molecule has 1 aliphatic carbocycles. The normalized spacial score (nSPS) is 21.6. The number of carbonyl (C=O) groups excluding carboxylic acids is 1. The van der Waals surface area contributed by atoms with Crippen molar-refractivity contribution in [1.29, 1.82) is 0 Å². The SMILES string of the molecule is COCCNC(=O)Cc1cn2c(n1)[C@@H](C)N(CC1CC1)CC2. The first-order chi connectivity index (χ1) is 10.7. The Morgan fingerprint density at radius 1 is 1.45 bits per heavy atom. The van der Waals surface area contributed by atoms with Gasteiger partial charge in [-0.25, -0.2) is 4.98 Å². The Kier molecular flexibility index (Phi) is 4.78. The summed E-state index contributed by atoms with van der Waals surface area (Å²) < 4.78 is 7.15. The van der Waals surface area contributed by atoms with Crippen molar-refractivity contribution >= 4 is 5.91 Å². The van der Waals surface area contributed by atoms with E-state index in [-0.39, 0.29) is 5.91 Å². The maximum absolute atomic E-state index is 11.9. The van der Waals surface area contributed by atoms with Crippen LogP contribution in [0.1, 0.15) is 37.3 Å². The lowest BCUT2D eigenvalue weighted by atomic mass is 10.2. The highest BCUT2D eigenvalue weighted by atomic mass is 16.5. The van der Waals surface area contributed by atoms with E-state index in [4.69, 9.17) is 9.72 Å². The lowest BCUT2D eigenvalue weighted by Crippen LogP contribution is -2.38. The molecule has 1 atom stereocenters. The van der Waals surface area contributed by atoms with Crippen molar-refractivity contribution in [2.75, 3.05) is 33.4 Å². The lowest BCUT2D eigenvalue weighted by Gasteiger charge is -2.33.